The molecule has 1 N–H and O–H groups in total. The van der Waals surface area contributed by atoms with Gasteiger partial charge in [-0.1, -0.05) is 17.7 Å². The average Bonchev–Trinajstić information content (AvgIpc) is 2.60. The van der Waals surface area contributed by atoms with Gasteiger partial charge in [0.15, 0.2) is 6.61 Å². The molecule has 2 aromatic carbocycles. The summed E-state index contributed by atoms with van der Waals surface area (Å²) in [5.74, 6) is -1.11. The third kappa shape index (κ3) is 4.20. The zero-order valence-corrected chi connectivity index (χ0v) is 14.2. The number of anilines is 1. The zero-order chi connectivity index (χ0) is 18.6. The first-order valence-corrected chi connectivity index (χ1v) is 7.57. The van der Waals surface area contributed by atoms with Crippen LogP contribution in [0.25, 0.3) is 0 Å². The average molecular weight is 342 g/mol. The predicted octanol–water partition coefficient (Wildman–Crippen LogP) is 3.29. The van der Waals surface area contributed by atoms with Gasteiger partial charge in [-0.15, -0.1) is 0 Å². The molecular weight excluding hydrogens is 324 g/mol. The first-order valence-electron chi connectivity index (χ1n) is 7.57. The van der Waals surface area contributed by atoms with Crippen molar-refractivity contribution in [1.82, 2.24) is 0 Å². The second-order valence-corrected chi connectivity index (χ2v) is 5.56. The van der Waals surface area contributed by atoms with Gasteiger partial charge in [-0.05, 0) is 37.6 Å². The number of hydrogen-bond acceptors (Lipinski definition) is 6. The van der Waals surface area contributed by atoms with E-state index in [2.05, 4.69) is 5.32 Å². The SMILES string of the molecule is CNc1ccc(C(=O)OCC(=O)c2cc(C)ccc2C)cc1[N+](=O)[O-]. The molecule has 7 nitrogen and oxygen atoms in total. The number of nitro groups is 1. The van der Waals surface area contributed by atoms with Gasteiger partial charge < -0.3 is 10.1 Å². The Labute approximate surface area is 144 Å². The van der Waals surface area contributed by atoms with Crippen molar-refractivity contribution < 1.29 is 19.2 Å². The van der Waals surface area contributed by atoms with Crippen LogP contribution in [0.4, 0.5) is 11.4 Å². The number of ether oxygens (including phenoxy) is 1. The van der Waals surface area contributed by atoms with Gasteiger partial charge in [0.2, 0.25) is 5.78 Å². The number of aryl methyl sites for hydroxylation is 2. The Bertz CT molecular complexity index is 845. The van der Waals surface area contributed by atoms with Crippen LogP contribution in [-0.4, -0.2) is 30.3 Å². The monoisotopic (exact) mass is 342 g/mol. The summed E-state index contributed by atoms with van der Waals surface area (Å²) in [6, 6.07) is 9.39. The fourth-order valence-electron chi connectivity index (χ4n) is 2.35. The number of rotatable bonds is 6. The Kier molecular flexibility index (Phi) is 5.49. The van der Waals surface area contributed by atoms with Crippen molar-refractivity contribution in [3.05, 3.63) is 68.8 Å². The summed E-state index contributed by atoms with van der Waals surface area (Å²) in [6.45, 7) is 3.24. The van der Waals surface area contributed by atoms with E-state index in [1.54, 1.807) is 20.0 Å². The molecule has 2 rings (SSSR count). The summed E-state index contributed by atoms with van der Waals surface area (Å²) in [5.41, 5.74) is 2.27. The van der Waals surface area contributed by atoms with Crippen LogP contribution in [-0.2, 0) is 4.74 Å². The number of esters is 1. The molecule has 25 heavy (non-hydrogen) atoms. The number of nitro benzene ring substituents is 1. The lowest BCUT2D eigenvalue weighted by Gasteiger charge is -2.08. The van der Waals surface area contributed by atoms with Gasteiger partial charge in [0.1, 0.15) is 5.69 Å². The van der Waals surface area contributed by atoms with Crippen LogP contribution >= 0.6 is 0 Å². The molecule has 0 aromatic heterocycles. The van der Waals surface area contributed by atoms with Gasteiger partial charge in [0, 0.05) is 18.7 Å². The third-order valence-corrected chi connectivity index (χ3v) is 3.73. The summed E-state index contributed by atoms with van der Waals surface area (Å²) in [5, 5.41) is 13.7. The van der Waals surface area contributed by atoms with E-state index in [1.807, 2.05) is 19.1 Å². The van der Waals surface area contributed by atoms with Gasteiger partial charge >= 0.3 is 5.97 Å². The molecule has 7 heteroatoms. The highest BCUT2D eigenvalue weighted by molar-refractivity contribution is 6.00. The van der Waals surface area contributed by atoms with E-state index < -0.39 is 17.5 Å². The van der Waals surface area contributed by atoms with E-state index in [0.29, 0.717) is 5.56 Å². The number of nitrogens with one attached hydrogen (secondary N) is 1. The first-order chi connectivity index (χ1) is 11.8. The maximum Gasteiger partial charge on any atom is 0.338 e. The Morgan fingerprint density at radius 2 is 1.88 bits per heavy atom. The van der Waals surface area contributed by atoms with E-state index in [4.69, 9.17) is 4.74 Å². The number of Topliss-reactive ketones (excluding diaryl/α,β-unsaturated/α-hetero) is 1. The molecule has 0 aliphatic heterocycles. The highest BCUT2D eigenvalue weighted by Crippen LogP contribution is 2.25. The number of hydrogen-bond donors (Lipinski definition) is 1. The number of carbonyl (C=O) groups excluding carboxylic acids is 2. The number of carbonyl (C=O) groups is 2. The van der Waals surface area contributed by atoms with Crippen molar-refractivity contribution in [2.75, 3.05) is 19.0 Å². The topological polar surface area (TPSA) is 98.5 Å². The maximum absolute atomic E-state index is 12.2. The largest absolute Gasteiger partial charge is 0.454 e. The van der Waals surface area contributed by atoms with Crippen LogP contribution in [0, 0.1) is 24.0 Å². The number of benzene rings is 2. The molecule has 2 aromatic rings. The molecular formula is C18H18N2O5. The molecule has 0 saturated carbocycles. The molecule has 0 fully saturated rings. The van der Waals surface area contributed by atoms with E-state index in [9.17, 15) is 19.7 Å². The summed E-state index contributed by atoms with van der Waals surface area (Å²) < 4.78 is 5.02. The minimum atomic E-state index is -0.788. The summed E-state index contributed by atoms with van der Waals surface area (Å²) in [4.78, 5) is 34.8. The summed E-state index contributed by atoms with van der Waals surface area (Å²) in [6.07, 6.45) is 0. The van der Waals surface area contributed by atoms with E-state index in [1.165, 1.54) is 12.1 Å². The second-order valence-electron chi connectivity index (χ2n) is 5.56. The van der Waals surface area contributed by atoms with Crippen LogP contribution in [0.1, 0.15) is 31.8 Å². The molecule has 0 spiro atoms. The van der Waals surface area contributed by atoms with Crippen LogP contribution in [0.15, 0.2) is 36.4 Å². The maximum atomic E-state index is 12.2. The minimum Gasteiger partial charge on any atom is -0.454 e. The Balaban J connectivity index is 2.12. The van der Waals surface area contributed by atoms with Gasteiger partial charge in [-0.2, -0.15) is 0 Å². The van der Waals surface area contributed by atoms with Gasteiger partial charge in [-0.3, -0.25) is 14.9 Å². The van der Waals surface area contributed by atoms with Crippen molar-refractivity contribution in [3.8, 4) is 0 Å². The standard InChI is InChI=1S/C18H18N2O5/c1-11-4-5-12(2)14(8-11)17(21)10-25-18(22)13-6-7-15(19-3)16(9-13)20(23)24/h4-9,19H,10H2,1-3H3. The minimum absolute atomic E-state index is 0.0134. The van der Waals surface area contributed by atoms with Crippen LogP contribution in [0.5, 0.6) is 0 Å². The predicted molar refractivity (Wildman–Crippen MR) is 93.2 cm³/mol. The van der Waals surface area contributed by atoms with Crippen LogP contribution in [0.3, 0.4) is 0 Å². The van der Waals surface area contributed by atoms with Gasteiger partial charge in [0.05, 0.1) is 10.5 Å². The zero-order valence-electron chi connectivity index (χ0n) is 14.2. The molecule has 0 atom stereocenters. The second kappa shape index (κ2) is 7.57. The van der Waals surface area contributed by atoms with Crippen LogP contribution < -0.4 is 5.32 Å². The van der Waals surface area contributed by atoms with Crippen molar-refractivity contribution in [1.29, 1.82) is 0 Å². The van der Waals surface area contributed by atoms with Crippen molar-refractivity contribution >= 4 is 23.1 Å². The molecule has 0 heterocycles. The fourth-order valence-corrected chi connectivity index (χ4v) is 2.35. The normalized spacial score (nSPS) is 10.2. The van der Waals surface area contributed by atoms with E-state index in [-0.39, 0.29) is 22.7 Å². The van der Waals surface area contributed by atoms with Crippen LogP contribution in [0.2, 0.25) is 0 Å². The molecule has 0 unspecified atom stereocenters. The molecule has 0 bridgehead atoms. The lowest BCUT2D eigenvalue weighted by atomic mass is 10.0. The van der Waals surface area contributed by atoms with Crippen molar-refractivity contribution in [3.63, 3.8) is 0 Å². The molecule has 130 valence electrons. The first kappa shape index (κ1) is 18.1. The molecule has 0 radical (unpaired) electrons. The molecule has 0 aliphatic rings. The van der Waals surface area contributed by atoms with E-state index in [0.717, 1.165) is 17.2 Å². The highest BCUT2D eigenvalue weighted by Gasteiger charge is 2.19. The fraction of sp³-hybridized carbons (Fsp3) is 0.222. The van der Waals surface area contributed by atoms with Gasteiger partial charge in [0.25, 0.3) is 5.69 Å². The van der Waals surface area contributed by atoms with Crippen molar-refractivity contribution in [2.45, 2.75) is 13.8 Å². The highest BCUT2D eigenvalue weighted by atomic mass is 16.6. The third-order valence-electron chi connectivity index (χ3n) is 3.73. The molecule has 0 amide bonds. The molecule has 0 aliphatic carbocycles. The molecule has 0 saturated heterocycles. The lowest BCUT2D eigenvalue weighted by molar-refractivity contribution is -0.384. The number of nitrogens with zero attached hydrogens (tertiary/aromatic N) is 1. The van der Waals surface area contributed by atoms with Crippen molar-refractivity contribution in [2.24, 2.45) is 0 Å². The van der Waals surface area contributed by atoms with Gasteiger partial charge in [-0.25, -0.2) is 4.79 Å². The summed E-state index contributed by atoms with van der Waals surface area (Å²) >= 11 is 0. The quantitative estimate of drug-likeness (QED) is 0.374. The Morgan fingerprint density at radius 1 is 1.16 bits per heavy atom. The Hall–Kier alpha value is -3.22. The summed E-state index contributed by atoms with van der Waals surface area (Å²) in [7, 11) is 1.54. The number of ketones is 1. The smallest absolute Gasteiger partial charge is 0.338 e. The van der Waals surface area contributed by atoms with E-state index >= 15 is 0 Å². The lowest BCUT2D eigenvalue weighted by Crippen LogP contribution is -2.15. The Morgan fingerprint density at radius 3 is 2.52 bits per heavy atom.